The van der Waals surface area contributed by atoms with Gasteiger partial charge in [0.1, 0.15) is 0 Å². The number of thioether (sulfide) groups is 1. The van der Waals surface area contributed by atoms with Gasteiger partial charge in [0.2, 0.25) is 0 Å². The van der Waals surface area contributed by atoms with Gasteiger partial charge in [-0.05, 0) is 54.6 Å². The molecule has 0 aromatic heterocycles. The lowest BCUT2D eigenvalue weighted by Crippen LogP contribution is -2.19. The van der Waals surface area contributed by atoms with Crippen molar-refractivity contribution in [3.63, 3.8) is 0 Å². The van der Waals surface area contributed by atoms with Gasteiger partial charge in [-0.1, -0.05) is 18.2 Å². The Morgan fingerprint density at radius 2 is 2.07 bits per heavy atom. The van der Waals surface area contributed by atoms with E-state index in [0.717, 1.165) is 11.8 Å². The Hall–Kier alpha value is -3.26. The maximum atomic E-state index is 12.2. The van der Waals surface area contributed by atoms with Crippen molar-refractivity contribution in [2.75, 3.05) is 6.61 Å². The molecule has 1 aliphatic heterocycles. The number of carbonyl (C=O) groups is 2. The number of phenolic OH excluding ortho intramolecular Hbond substituents is 1. The number of hydrogen-bond acceptors (Lipinski definition) is 6. The van der Waals surface area contributed by atoms with Crippen molar-refractivity contribution in [3.05, 3.63) is 58.5 Å². The summed E-state index contributed by atoms with van der Waals surface area (Å²) in [5.74, 6) is -1.07. The molecule has 3 N–H and O–H groups in total. The number of aliphatic imine (C=N–C) groups is 1. The zero-order chi connectivity index (χ0) is 19.4. The first-order chi connectivity index (χ1) is 13.0. The molecular formula is C19H16N2O5S. The number of phenols is 1. The average molecular weight is 384 g/mol. The minimum atomic E-state index is -1.09. The lowest BCUT2D eigenvalue weighted by atomic mass is 10.2. The van der Waals surface area contributed by atoms with E-state index >= 15 is 0 Å². The number of benzene rings is 2. The van der Waals surface area contributed by atoms with E-state index in [4.69, 9.17) is 4.74 Å². The van der Waals surface area contributed by atoms with Crippen molar-refractivity contribution in [2.45, 2.75) is 6.92 Å². The number of nitrogens with one attached hydrogen (secondary N) is 1. The van der Waals surface area contributed by atoms with Gasteiger partial charge in [0, 0.05) is 0 Å². The van der Waals surface area contributed by atoms with Crippen LogP contribution in [0.5, 0.6) is 11.5 Å². The van der Waals surface area contributed by atoms with Crippen LogP contribution in [0.4, 0.5) is 5.69 Å². The maximum Gasteiger partial charge on any atom is 0.337 e. The van der Waals surface area contributed by atoms with E-state index in [9.17, 15) is 19.8 Å². The van der Waals surface area contributed by atoms with Crippen LogP contribution in [0.15, 0.2) is 52.4 Å². The lowest BCUT2D eigenvalue weighted by Gasteiger charge is -2.06. The van der Waals surface area contributed by atoms with Gasteiger partial charge in [-0.25, -0.2) is 9.79 Å². The minimum absolute atomic E-state index is 0.0232. The smallest absolute Gasteiger partial charge is 0.337 e. The molecular weight excluding hydrogens is 368 g/mol. The first-order valence-electron chi connectivity index (χ1n) is 8.05. The number of carbonyl (C=O) groups excluding carboxylic acids is 1. The first-order valence-corrected chi connectivity index (χ1v) is 8.87. The summed E-state index contributed by atoms with van der Waals surface area (Å²) < 4.78 is 5.34. The monoisotopic (exact) mass is 384 g/mol. The molecule has 1 fully saturated rings. The molecule has 1 saturated heterocycles. The van der Waals surface area contributed by atoms with Crippen molar-refractivity contribution in [3.8, 4) is 11.5 Å². The number of amidine groups is 1. The Labute approximate surface area is 159 Å². The van der Waals surface area contributed by atoms with E-state index in [1.165, 1.54) is 12.1 Å². The van der Waals surface area contributed by atoms with Gasteiger partial charge in [0.05, 0.1) is 22.8 Å². The van der Waals surface area contributed by atoms with Crippen LogP contribution in [0.25, 0.3) is 6.08 Å². The van der Waals surface area contributed by atoms with Gasteiger partial charge in [-0.15, -0.1) is 0 Å². The summed E-state index contributed by atoms with van der Waals surface area (Å²) in [6.07, 6.45) is 1.65. The number of rotatable bonds is 5. The fraction of sp³-hybridized carbons (Fsp3) is 0.105. The van der Waals surface area contributed by atoms with Crippen LogP contribution in [-0.4, -0.2) is 33.9 Å². The fourth-order valence-corrected chi connectivity index (χ4v) is 3.22. The Balaban J connectivity index is 1.87. The molecule has 1 amide bonds. The number of carboxylic acid groups (broad SMARTS) is 1. The number of amides is 1. The molecule has 0 spiro atoms. The van der Waals surface area contributed by atoms with Crippen molar-refractivity contribution >= 4 is 40.6 Å². The quantitative estimate of drug-likeness (QED) is 0.682. The van der Waals surface area contributed by atoms with E-state index in [-0.39, 0.29) is 22.9 Å². The first kappa shape index (κ1) is 18.5. The molecule has 3 rings (SSSR count). The van der Waals surface area contributed by atoms with Crippen molar-refractivity contribution < 1.29 is 24.5 Å². The standard InChI is InChI=1S/C19H16N2O5S/c1-2-26-15-9-11(7-8-14(15)22)10-16-17(23)21-19(27-16)20-13-6-4-3-5-12(13)18(24)25/h3-10,22H,2H2,1H3,(H,24,25)(H,20,21,23). The summed E-state index contributed by atoms with van der Waals surface area (Å²) in [6, 6.07) is 11.1. The third kappa shape index (κ3) is 4.29. The van der Waals surface area contributed by atoms with Crippen LogP contribution in [0, 0.1) is 0 Å². The van der Waals surface area contributed by atoms with Crippen molar-refractivity contribution in [1.82, 2.24) is 5.32 Å². The van der Waals surface area contributed by atoms with Crippen LogP contribution in [0.1, 0.15) is 22.8 Å². The van der Waals surface area contributed by atoms with Crippen LogP contribution in [0.3, 0.4) is 0 Å². The van der Waals surface area contributed by atoms with Gasteiger partial charge in [-0.3, -0.25) is 4.79 Å². The number of ether oxygens (including phenoxy) is 1. The predicted molar refractivity (Wildman–Crippen MR) is 103 cm³/mol. The van der Waals surface area contributed by atoms with Crippen LogP contribution in [0.2, 0.25) is 0 Å². The summed E-state index contributed by atoms with van der Waals surface area (Å²) in [5.41, 5.74) is 0.996. The molecule has 1 heterocycles. The molecule has 2 aromatic rings. The normalized spacial score (nSPS) is 16.6. The summed E-state index contributed by atoms with van der Waals surface area (Å²) in [4.78, 5) is 28.1. The highest BCUT2D eigenvalue weighted by Gasteiger charge is 2.24. The van der Waals surface area contributed by atoms with Gasteiger partial charge < -0.3 is 20.3 Å². The number of carboxylic acids is 1. The summed E-state index contributed by atoms with van der Waals surface area (Å²) in [7, 11) is 0. The predicted octanol–water partition coefficient (Wildman–Crippen LogP) is 3.38. The molecule has 27 heavy (non-hydrogen) atoms. The van der Waals surface area contributed by atoms with E-state index < -0.39 is 5.97 Å². The zero-order valence-corrected chi connectivity index (χ0v) is 15.1. The maximum absolute atomic E-state index is 12.2. The third-order valence-electron chi connectivity index (χ3n) is 3.59. The number of para-hydroxylation sites is 1. The molecule has 2 aromatic carbocycles. The van der Waals surface area contributed by atoms with Crippen LogP contribution in [-0.2, 0) is 4.79 Å². The highest BCUT2D eigenvalue weighted by atomic mass is 32.2. The molecule has 1 aliphatic rings. The van der Waals surface area contributed by atoms with Gasteiger partial charge in [0.25, 0.3) is 5.91 Å². The number of hydrogen-bond donors (Lipinski definition) is 3. The number of nitrogens with zero attached hydrogens (tertiary/aromatic N) is 1. The Bertz CT molecular complexity index is 968. The topological polar surface area (TPSA) is 108 Å². The van der Waals surface area contributed by atoms with E-state index in [2.05, 4.69) is 10.3 Å². The van der Waals surface area contributed by atoms with Crippen LogP contribution >= 0.6 is 11.8 Å². The second-order valence-electron chi connectivity index (χ2n) is 5.46. The second-order valence-corrected chi connectivity index (χ2v) is 6.49. The molecule has 138 valence electrons. The molecule has 0 radical (unpaired) electrons. The molecule has 0 saturated carbocycles. The molecule has 0 bridgehead atoms. The van der Waals surface area contributed by atoms with Gasteiger partial charge in [0.15, 0.2) is 16.7 Å². The van der Waals surface area contributed by atoms with E-state index in [1.54, 1.807) is 36.4 Å². The Morgan fingerprint density at radius 3 is 2.81 bits per heavy atom. The van der Waals surface area contributed by atoms with E-state index in [0.29, 0.717) is 28.0 Å². The third-order valence-corrected chi connectivity index (χ3v) is 4.50. The molecule has 7 nitrogen and oxygen atoms in total. The zero-order valence-electron chi connectivity index (χ0n) is 14.3. The summed E-state index contributed by atoms with van der Waals surface area (Å²) in [6.45, 7) is 2.21. The second kappa shape index (κ2) is 7.96. The minimum Gasteiger partial charge on any atom is -0.504 e. The van der Waals surface area contributed by atoms with E-state index in [1.807, 2.05) is 6.92 Å². The van der Waals surface area contributed by atoms with Gasteiger partial charge >= 0.3 is 5.97 Å². The van der Waals surface area contributed by atoms with Crippen LogP contribution < -0.4 is 10.1 Å². The van der Waals surface area contributed by atoms with Crippen molar-refractivity contribution in [1.29, 1.82) is 0 Å². The molecule has 8 heteroatoms. The molecule has 0 aliphatic carbocycles. The lowest BCUT2D eigenvalue weighted by molar-refractivity contribution is -0.115. The number of aromatic hydroxyl groups is 1. The molecule has 0 atom stereocenters. The Morgan fingerprint density at radius 1 is 1.30 bits per heavy atom. The highest BCUT2D eigenvalue weighted by Crippen LogP contribution is 2.32. The summed E-state index contributed by atoms with van der Waals surface area (Å²) >= 11 is 1.11. The summed E-state index contributed by atoms with van der Waals surface area (Å²) in [5, 5.41) is 21.9. The number of aromatic carboxylic acids is 1. The largest absolute Gasteiger partial charge is 0.504 e. The molecule has 0 unspecified atom stereocenters. The van der Waals surface area contributed by atoms with Gasteiger partial charge in [-0.2, -0.15) is 0 Å². The highest BCUT2D eigenvalue weighted by molar-refractivity contribution is 8.18. The SMILES string of the molecule is CCOc1cc(C=C2SC(=Nc3ccccc3C(=O)O)NC2=O)ccc1O. The average Bonchev–Trinajstić information content (AvgIpc) is 2.97. The fourth-order valence-electron chi connectivity index (χ4n) is 2.38. The Kier molecular flexibility index (Phi) is 5.46. The van der Waals surface area contributed by atoms with Crippen molar-refractivity contribution in [2.24, 2.45) is 4.99 Å².